The molecule has 13 heavy (non-hydrogen) atoms. The Morgan fingerprint density at radius 2 is 2.15 bits per heavy atom. The SMILES string of the molecule is C[C@H](N)COc1ccc(Cl)cc1Cl. The van der Waals surface area contributed by atoms with Gasteiger partial charge in [0.15, 0.2) is 0 Å². The van der Waals surface area contributed by atoms with Crippen molar-refractivity contribution < 1.29 is 4.74 Å². The lowest BCUT2D eigenvalue weighted by Crippen LogP contribution is -2.23. The maximum atomic E-state index is 5.86. The molecule has 72 valence electrons. The molecular weight excluding hydrogens is 209 g/mol. The van der Waals surface area contributed by atoms with E-state index in [1.165, 1.54) is 0 Å². The van der Waals surface area contributed by atoms with Gasteiger partial charge in [-0.3, -0.25) is 0 Å². The molecule has 0 aliphatic carbocycles. The number of halogens is 2. The second-order valence-electron chi connectivity index (χ2n) is 2.86. The van der Waals surface area contributed by atoms with Gasteiger partial charge >= 0.3 is 0 Å². The van der Waals surface area contributed by atoms with Crippen molar-refractivity contribution in [1.29, 1.82) is 0 Å². The van der Waals surface area contributed by atoms with E-state index in [1.807, 2.05) is 6.92 Å². The Morgan fingerprint density at radius 1 is 1.46 bits per heavy atom. The van der Waals surface area contributed by atoms with Crippen molar-refractivity contribution in [3.05, 3.63) is 28.2 Å². The zero-order chi connectivity index (χ0) is 9.84. The molecule has 1 atom stereocenters. The van der Waals surface area contributed by atoms with E-state index in [9.17, 15) is 0 Å². The highest BCUT2D eigenvalue weighted by Gasteiger charge is 2.02. The molecule has 0 amide bonds. The van der Waals surface area contributed by atoms with E-state index in [0.717, 1.165) is 0 Å². The molecule has 1 aromatic rings. The van der Waals surface area contributed by atoms with E-state index < -0.39 is 0 Å². The van der Waals surface area contributed by atoms with Crippen LogP contribution < -0.4 is 10.5 Å². The molecule has 0 heterocycles. The van der Waals surface area contributed by atoms with Gasteiger partial charge in [0.2, 0.25) is 0 Å². The number of hydrogen-bond acceptors (Lipinski definition) is 2. The van der Waals surface area contributed by atoms with Crippen LogP contribution in [0.5, 0.6) is 5.75 Å². The summed E-state index contributed by atoms with van der Waals surface area (Å²) in [4.78, 5) is 0. The average molecular weight is 220 g/mol. The van der Waals surface area contributed by atoms with Gasteiger partial charge in [0.25, 0.3) is 0 Å². The Hall–Kier alpha value is -0.440. The van der Waals surface area contributed by atoms with E-state index in [1.54, 1.807) is 18.2 Å². The van der Waals surface area contributed by atoms with Crippen molar-refractivity contribution in [2.45, 2.75) is 13.0 Å². The molecule has 0 bridgehead atoms. The van der Waals surface area contributed by atoms with Gasteiger partial charge in [-0.2, -0.15) is 0 Å². The molecule has 1 aromatic carbocycles. The highest BCUT2D eigenvalue weighted by Crippen LogP contribution is 2.27. The number of benzene rings is 1. The Morgan fingerprint density at radius 3 is 2.69 bits per heavy atom. The van der Waals surface area contributed by atoms with Crippen molar-refractivity contribution in [2.24, 2.45) is 5.73 Å². The first-order valence-electron chi connectivity index (χ1n) is 3.93. The van der Waals surface area contributed by atoms with Crippen molar-refractivity contribution in [2.75, 3.05) is 6.61 Å². The monoisotopic (exact) mass is 219 g/mol. The van der Waals surface area contributed by atoms with Gasteiger partial charge in [-0.15, -0.1) is 0 Å². The van der Waals surface area contributed by atoms with E-state index in [2.05, 4.69) is 0 Å². The van der Waals surface area contributed by atoms with E-state index in [-0.39, 0.29) is 6.04 Å². The van der Waals surface area contributed by atoms with Crippen molar-refractivity contribution in [3.8, 4) is 5.75 Å². The van der Waals surface area contributed by atoms with Crippen LogP contribution in [0.25, 0.3) is 0 Å². The van der Waals surface area contributed by atoms with Crippen LogP contribution in [0, 0.1) is 0 Å². The molecule has 0 radical (unpaired) electrons. The molecular formula is C9H11Cl2NO. The molecule has 2 nitrogen and oxygen atoms in total. The molecule has 0 unspecified atom stereocenters. The summed E-state index contributed by atoms with van der Waals surface area (Å²) in [7, 11) is 0. The third-order valence-electron chi connectivity index (χ3n) is 1.40. The molecule has 0 spiro atoms. The van der Waals surface area contributed by atoms with Gasteiger partial charge in [-0.05, 0) is 25.1 Å². The zero-order valence-corrected chi connectivity index (χ0v) is 8.77. The fourth-order valence-corrected chi connectivity index (χ4v) is 1.28. The quantitative estimate of drug-likeness (QED) is 0.849. The molecule has 0 saturated carbocycles. The molecule has 0 aromatic heterocycles. The predicted molar refractivity (Wildman–Crippen MR) is 55.6 cm³/mol. The fourth-order valence-electron chi connectivity index (χ4n) is 0.813. The summed E-state index contributed by atoms with van der Waals surface area (Å²) in [5, 5.41) is 1.10. The summed E-state index contributed by atoms with van der Waals surface area (Å²) < 4.78 is 5.34. The topological polar surface area (TPSA) is 35.2 Å². The maximum Gasteiger partial charge on any atom is 0.138 e. The molecule has 2 N–H and O–H groups in total. The van der Waals surface area contributed by atoms with Crippen LogP contribution >= 0.6 is 23.2 Å². The molecule has 0 aliphatic heterocycles. The maximum absolute atomic E-state index is 5.86. The minimum Gasteiger partial charge on any atom is -0.490 e. The van der Waals surface area contributed by atoms with Gasteiger partial charge < -0.3 is 10.5 Å². The first kappa shape index (κ1) is 10.6. The Balaban J connectivity index is 2.67. The lowest BCUT2D eigenvalue weighted by atomic mass is 10.3. The summed E-state index contributed by atoms with van der Waals surface area (Å²) in [5.41, 5.74) is 5.53. The summed E-state index contributed by atoms with van der Waals surface area (Å²) in [5.74, 6) is 0.614. The lowest BCUT2D eigenvalue weighted by Gasteiger charge is -2.09. The second-order valence-corrected chi connectivity index (χ2v) is 3.71. The Labute approximate surface area is 87.6 Å². The van der Waals surface area contributed by atoms with Crippen LogP contribution in [-0.4, -0.2) is 12.6 Å². The third-order valence-corrected chi connectivity index (χ3v) is 1.93. The van der Waals surface area contributed by atoms with Crippen molar-refractivity contribution >= 4 is 23.2 Å². The van der Waals surface area contributed by atoms with Crippen LogP contribution in [0.4, 0.5) is 0 Å². The van der Waals surface area contributed by atoms with Gasteiger partial charge in [0, 0.05) is 11.1 Å². The van der Waals surface area contributed by atoms with E-state index >= 15 is 0 Å². The number of hydrogen-bond donors (Lipinski definition) is 1. The highest BCUT2D eigenvalue weighted by atomic mass is 35.5. The zero-order valence-electron chi connectivity index (χ0n) is 7.26. The first-order chi connectivity index (χ1) is 6.09. The molecule has 0 aliphatic rings. The Bertz CT molecular complexity index is 289. The van der Waals surface area contributed by atoms with Crippen LogP contribution in [0.2, 0.25) is 10.0 Å². The normalized spacial score (nSPS) is 12.6. The summed E-state index contributed by atoms with van der Waals surface area (Å²) in [6.45, 7) is 2.31. The third kappa shape index (κ3) is 3.43. The van der Waals surface area contributed by atoms with Crippen molar-refractivity contribution in [3.63, 3.8) is 0 Å². The molecule has 0 fully saturated rings. The summed E-state index contributed by atoms with van der Waals surface area (Å²) in [6, 6.07) is 5.09. The minimum absolute atomic E-state index is 0.00764. The smallest absolute Gasteiger partial charge is 0.138 e. The molecule has 4 heteroatoms. The number of rotatable bonds is 3. The Kier molecular flexibility index (Phi) is 3.85. The standard InChI is InChI=1S/C9H11Cl2NO/c1-6(12)5-13-9-3-2-7(10)4-8(9)11/h2-4,6H,5,12H2,1H3/t6-/m0/s1. The first-order valence-corrected chi connectivity index (χ1v) is 4.68. The molecule has 1 rings (SSSR count). The summed E-state index contributed by atoms with van der Waals surface area (Å²) >= 11 is 11.6. The summed E-state index contributed by atoms with van der Waals surface area (Å²) in [6.07, 6.45) is 0. The minimum atomic E-state index is -0.00764. The van der Waals surface area contributed by atoms with E-state index in [4.69, 9.17) is 33.7 Å². The lowest BCUT2D eigenvalue weighted by molar-refractivity contribution is 0.296. The van der Waals surface area contributed by atoms with Crippen LogP contribution in [0.15, 0.2) is 18.2 Å². The average Bonchev–Trinajstić information content (AvgIpc) is 2.02. The van der Waals surface area contributed by atoms with E-state index in [0.29, 0.717) is 22.4 Å². The van der Waals surface area contributed by atoms with Gasteiger partial charge in [0.1, 0.15) is 12.4 Å². The van der Waals surface area contributed by atoms with Crippen LogP contribution in [0.3, 0.4) is 0 Å². The number of nitrogens with two attached hydrogens (primary N) is 1. The predicted octanol–water partition coefficient (Wildman–Crippen LogP) is 2.72. The van der Waals surface area contributed by atoms with Crippen LogP contribution in [-0.2, 0) is 0 Å². The largest absolute Gasteiger partial charge is 0.490 e. The second kappa shape index (κ2) is 4.70. The van der Waals surface area contributed by atoms with Gasteiger partial charge in [0.05, 0.1) is 5.02 Å². The highest BCUT2D eigenvalue weighted by molar-refractivity contribution is 6.35. The molecule has 0 saturated heterocycles. The van der Waals surface area contributed by atoms with Crippen LogP contribution in [0.1, 0.15) is 6.92 Å². The number of ether oxygens (including phenoxy) is 1. The van der Waals surface area contributed by atoms with Crippen molar-refractivity contribution in [1.82, 2.24) is 0 Å². The van der Waals surface area contributed by atoms with Gasteiger partial charge in [-0.25, -0.2) is 0 Å². The van der Waals surface area contributed by atoms with Gasteiger partial charge in [-0.1, -0.05) is 23.2 Å². The fraction of sp³-hybridized carbons (Fsp3) is 0.333.